The van der Waals surface area contributed by atoms with Gasteiger partial charge in [-0.05, 0) is 44.0 Å². The van der Waals surface area contributed by atoms with E-state index in [1.165, 1.54) is 5.56 Å². The number of aromatic nitrogens is 2. The highest BCUT2D eigenvalue weighted by Crippen LogP contribution is 2.24. The van der Waals surface area contributed by atoms with Crippen molar-refractivity contribution in [1.82, 2.24) is 15.1 Å². The van der Waals surface area contributed by atoms with E-state index in [4.69, 9.17) is 4.42 Å². The maximum absolute atomic E-state index is 12.7. The lowest BCUT2D eigenvalue weighted by Crippen LogP contribution is -2.26. The summed E-state index contributed by atoms with van der Waals surface area (Å²) in [7, 11) is 0. The SMILES string of the molecule is CCCCNC(=O)c1cc(-c2ccco2)nn1-c1ccc(C)cc1C. The highest BCUT2D eigenvalue weighted by atomic mass is 16.3. The number of hydrogen-bond acceptors (Lipinski definition) is 3. The second-order valence-electron chi connectivity index (χ2n) is 6.20. The Bertz CT molecular complexity index is 863. The molecule has 1 N–H and O–H groups in total. The third-order valence-electron chi connectivity index (χ3n) is 4.11. The summed E-state index contributed by atoms with van der Waals surface area (Å²) in [5.74, 6) is 0.518. The number of benzene rings is 1. The van der Waals surface area contributed by atoms with Crippen molar-refractivity contribution in [2.24, 2.45) is 0 Å². The average molecular weight is 337 g/mol. The molecular formula is C20H23N3O2. The molecule has 5 nitrogen and oxygen atoms in total. The van der Waals surface area contributed by atoms with Gasteiger partial charge in [0.15, 0.2) is 5.76 Å². The van der Waals surface area contributed by atoms with Crippen LogP contribution in [-0.2, 0) is 0 Å². The molecular weight excluding hydrogens is 314 g/mol. The minimum atomic E-state index is -0.126. The Kier molecular flexibility index (Phi) is 5.03. The van der Waals surface area contributed by atoms with E-state index in [0.29, 0.717) is 23.7 Å². The van der Waals surface area contributed by atoms with Crippen molar-refractivity contribution in [1.29, 1.82) is 0 Å². The number of aryl methyl sites for hydroxylation is 2. The minimum Gasteiger partial charge on any atom is -0.463 e. The molecule has 0 fully saturated rings. The van der Waals surface area contributed by atoms with Gasteiger partial charge in [-0.25, -0.2) is 4.68 Å². The number of rotatable bonds is 6. The second kappa shape index (κ2) is 7.38. The zero-order valence-corrected chi connectivity index (χ0v) is 14.9. The van der Waals surface area contributed by atoms with Crippen molar-refractivity contribution < 1.29 is 9.21 Å². The molecule has 25 heavy (non-hydrogen) atoms. The average Bonchev–Trinajstić information content (AvgIpc) is 3.24. The van der Waals surface area contributed by atoms with Gasteiger partial charge < -0.3 is 9.73 Å². The third-order valence-corrected chi connectivity index (χ3v) is 4.11. The van der Waals surface area contributed by atoms with E-state index in [2.05, 4.69) is 23.4 Å². The van der Waals surface area contributed by atoms with Crippen molar-refractivity contribution in [3.05, 3.63) is 59.5 Å². The van der Waals surface area contributed by atoms with Crippen LogP contribution in [0.5, 0.6) is 0 Å². The summed E-state index contributed by atoms with van der Waals surface area (Å²) in [6, 6.07) is 11.5. The van der Waals surface area contributed by atoms with Crippen LogP contribution in [0.25, 0.3) is 17.1 Å². The van der Waals surface area contributed by atoms with Gasteiger partial charge in [0.25, 0.3) is 5.91 Å². The topological polar surface area (TPSA) is 60.1 Å². The van der Waals surface area contributed by atoms with Crippen LogP contribution in [0.3, 0.4) is 0 Å². The number of furan rings is 1. The highest BCUT2D eigenvalue weighted by Gasteiger charge is 2.19. The second-order valence-corrected chi connectivity index (χ2v) is 6.20. The molecule has 0 aliphatic heterocycles. The van der Waals surface area contributed by atoms with Gasteiger partial charge in [-0.1, -0.05) is 31.0 Å². The van der Waals surface area contributed by atoms with Gasteiger partial charge in [0.2, 0.25) is 0 Å². The Balaban J connectivity index is 2.04. The summed E-state index contributed by atoms with van der Waals surface area (Å²) < 4.78 is 7.15. The summed E-state index contributed by atoms with van der Waals surface area (Å²) in [5.41, 5.74) is 4.29. The first kappa shape index (κ1) is 17.0. The van der Waals surface area contributed by atoms with E-state index in [1.807, 2.05) is 38.1 Å². The van der Waals surface area contributed by atoms with Crippen molar-refractivity contribution in [3.8, 4) is 17.1 Å². The molecule has 3 rings (SSSR count). The van der Waals surface area contributed by atoms with E-state index in [1.54, 1.807) is 17.0 Å². The van der Waals surface area contributed by atoms with E-state index in [9.17, 15) is 4.79 Å². The first-order chi connectivity index (χ1) is 12.1. The predicted molar refractivity (Wildman–Crippen MR) is 98.0 cm³/mol. The van der Waals surface area contributed by atoms with Crippen LogP contribution in [0.15, 0.2) is 47.1 Å². The molecule has 0 atom stereocenters. The molecule has 3 aromatic rings. The van der Waals surface area contributed by atoms with E-state index in [0.717, 1.165) is 24.1 Å². The Morgan fingerprint density at radius 3 is 2.76 bits per heavy atom. The fraction of sp³-hybridized carbons (Fsp3) is 0.300. The summed E-state index contributed by atoms with van der Waals surface area (Å²) in [6.45, 7) is 6.83. The normalized spacial score (nSPS) is 10.8. The molecule has 0 unspecified atom stereocenters. The van der Waals surface area contributed by atoms with E-state index in [-0.39, 0.29) is 5.91 Å². The number of nitrogens with zero attached hydrogens (tertiary/aromatic N) is 2. The first-order valence-electron chi connectivity index (χ1n) is 8.60. The Morgan fingerprint density at radius 1 is 1.24 bits per heavy atom. The van der Waals surface area contributed by atoms with Gasteiger partial charge in [0.1, 0.15) is 11.4 Å². The number of carbonyl (C=O) groups is 1. The number of nitrogens with one attached hydrogen (secondary N) is 1. The van der Waals surface area contributed by atoms with Crippen molar-refractivity contribution in [2.75, 3.05) is 6.54 Å². The van der Waals surface area contributed by atoms with Crippen LogP contribution in [0.1, 0.15) is 41.4 Å². The van der Waals surface area contributed by atoms with Crippen LogP contribution in [0.4, 0.5) is 0 Å². The lowest BCUT2D eigenvalue weighted by Gasteiger charge is -2.11. The zero-order valence-electron chi connectivity index (χ0n) is 14.9. The molecule has 1 amide bonds. The molecule has 0 radical (unpaired) electrons. The maximum Gasteiger partial charge on any atom is 0.270 e. The van der Waals surface area contributed by atoms with Crippen molar-refractivity contribution in [3.63, 3.8) is 0 Å². The summed E-state index contributed by atoms with van der Waals surface area (Å²) >= 11 is 0. The van der Waals surface area contributed by atoms with Crippen molar-refractivity contribution in [2.45, 2.75) is 33.6 Å². The lowest BCUT2D eigenvalue weighted by molar-refractivity contribution is 0.0945. The standard InChI is InChI=1S/C20H23N3O2/c1-4-5-10-21-20(24)18-13-16(19-7-6-11-25-19)22-23(18)17-9-8-14(2)12-15(17)3/h6-9,11-13H,4-5,10H2,1-3H3,(H,21,24). The molecule has 0 saturated carbocycles. The largest absolute Gasteiger partial charge is 0.463 e. The van der Waals surface area contributed by atoms with Gasteiger partial charge in [-0.15, -0.1) is 0 Å². The van der Waals surface area contributed by atoms with Gasteiger partial charge in [-0.2, -0.15) is 5.10 Å². The number of unbranched alkanes of at least 4 members (excludes halogenated alkanes) is 1. The van der Waals surface area contributed by atoms with Gasteiger partial charge >= 0.3 is 0 Å². The van der Waals surface area contributed by atoms with Crippen LogP contribution >= 0.6 is 0 Å². The summed E-state index contributed by atoms with van der Waals surface area (Å²) in [6.07, 6.45) is 3.59. The lowest BCUT2D eigenvalue weighted by atomic mass is 10.1. The van der Waals surface area contributed by atoms with Crippen LogP contribution in [0, 0.1) is 13.8 Å². The number of carbonyl (C=O) groups excluding carboxylic acids is 1. The predicted octanol–water partition coefficient (Wildman–Crippen LogP) is 4.28. The van der Waals surface area contributed by atoms with Gasteiger partial charge in [-0.3, -0.25) is 4.79 Å². The molecule has 130 valence electrons. The molecule has 0 spiro atoms. The van der Waals surface area contributed by atoms with Gasteiger partial charge in [0.05, 0.1) is 12.0 Å². The molecule has 0 aliphatic rings. The Morgan fingerprint density at radius 2 is 2.08 bits per heavy atom. The number of hydrogen-bond donors (Lipinski definition) is 1. The first-order valence-corrected chi connectivity index (χ1v) is 8.60. The molecule has 0 bridgehead atoms. The molecule has 1 aromatic carbocycles. The van der Waals surface area contributed by atoms with Crippen LogP contribution < -0.4 is 5.32 Å². The number of amides is 1. The summed E-state index contributed by atoms with van der Waals surface area (Å²) in [4.78, 5) is 12.7. The summed E-state index contributed by atoms with van der Waals surface area (Å²) in [5, 5.41) is 7.59. The van der Waals surface area contributed by atoms with Gasteiger partial charge in [0, 0.05) is 12.6 Å². The minimum absolute atomic E-state index is 0.126. The van der Waals surface area contributed by atoms with Crippen molar-refractivity contribution >= 4 is 5.91 Å². The Labute approximate surface area is 147 Å². The highest BCUT2D eigenvalue weighted by molar-refractivity contribution is 5.94. The third kappa shape index (κ3) is 3.65. The quantitative estimate of drug-likeness (QED) is 0.683. The molecule has 0 aliphatic carbocycles. The molecule has 2 aromatic heterocycles. The van der Waals surface area contributed by atoms with Crippen LogP contribution in [-0.4, -0.2) is 22.2 Å². The molecule has 0 saturated heterocycles. The van der Waals surface area contributed by atoms with E-state index < -0.39 is 0 Å². The fourth-order valence-electron chi connectivity index (χ4n) is 2.78. The Hall–Kier alpha value is -2.82. The molecule has 2 heterocycles. The van der Waals surface area contributed by atoms with Crippen LogP contribution in [0.2, 0.25) is 0 Å². The molecule has 5 heteroatoms. The van der Waals surface area contributed by atoms with E-state index >= 15 is 0 Å². The zero-order chi connectivity index (χ0) is 17.8. The monoisotopic (exact) mass is 337 g/mol. The smallest absolute Gasteiger partial charge is 0.270 e. The maximum atomic E-state index is 12.7. The fourth-order valence-corrected chi connectivity index (χ4v) is 2.78.